The lowest BCUT2D eigenvalue weighted by molar-refractivity contribution is -0.141. The van der Waals surface area contributed by atoms with Crippen molar-refractivity contribution in [3.8, 4) is 0 Å². The van der Waals surface area contributed by atoms with E-state index in [9.17, 15) is 9.59 Å². The molecule has 0 saturated carbocycles. The molecule has 18 heavy (non-hydrogen) atoms. The van der Waals surface area contributed by atoms with Crippen molar-refractivity contribution in [1.82, 2.24) is 5.32 Å². The molecule has 0 saturated heterocycles. The number of amides is 1. The summed E-state index contributed by atoms with van der Waals surface area (Å²) in [6, 6.07) is -0.821. The highest BCUT2D eigenvalue weighted by molar-refractivity contribution is 5.84. The van der Waals surface area contributed by atoms with Crippen molar-refractivity contribution < 1.29 is 14.7 Å². The van der Waals surface area contributed by atoms with E-state index in [0.717, 1.165) is 24.8 Å². The van der Waals surface area contributed by atoms with E-state index in [1.54, 1.807) is 12.2 Å². The number of carboxylic acids is 1. The second kappa shape index (κ2) is 7.69. The van der Waals surface area contributed by atoms with Crippen LogP contribution in [0.15, 0.2) is 23.8 Å². The standard InChI is InChI=1S/C14H21NO3/c1-2-3-9-12(14(17)18)15-13(16)10-11-7-5-4-6-8-11/h2-3,7,12H,4-6,8-10H2,1H3,(H,15,16)(H,17,18)/b3-2+. The zero-order valence-electron chi connectivity index (χ0n) is 10.8. The van der Waals surface area contributed by atoms with Crippen molar-refractivity contribution in [3.05, 3.63) is 23.8 Å². The average Bonchev–Trinajstić information content (AvgIpc) is 2.35. The summed E-state index contributed by atoms with van der Waals surface area (Å²) >= 11 is 0. The molecule has 4 heteroatoms. The first kappa shape index (κ1) is 14.5. The largest absolute Gasteiger partial charge is 0.480 e. The monoisotopic (exact) mass is 251 g/mol. The SMILES string of the molecule is C/C=C/CC(NC(=O)CC1=CCCCC1)C(=O)O. The van der Waals surface area contributed by atoms with Crippen LogP contribution in [0.5, 0.6) is 0 Å². The number of carbonyl (C=O) groups excluding carboxylic acids is 1. The number of rotatable bonds is 6. The quantitative estimate of drug-likeness (QED) is 0.712. The molecular weight excluding hydrogens is 230 g/mol. The van der Waals surface area contributed by atoms with Crippen molar-refractivity contribution in [3.63, 3.8) is 0 Å². The molecule has 0 radical (unpaired) electrons. The molecule has 2 N–H and O–H groups in total. The number of carboxylic acid groups (broad SMARTS) is 1. The summed E-state index contributed by atoms with van der Waals surface area (Å²) in [7, 11) is 0. The zero-order chi connectivity index (χ0) is 13.4. The fraction of sp³-hybridized carbons (Fsp3) is 0.571. The Morgan fingerprint density at radius 1 is 1.50 bits per heavy atom. The summed E-state index contributed by atoms with van der Waals surface area (Å²) in [5, 5.41) is 11.6. The Bertz CT molecular complexity index is 358. The average molecular weight is 251 g/mol. The third-order valence-corrected chi connectivity index (χ3v) is 3.01. The smallest absolute Gasteiger partial charge is 0.326 e. The summed E-state index contributed by atoms with van der Waals surface area (Å²) < 4.78 is 0. The van der Waals surface area contributed by atoms with Gasteiger partial charge in [0, 0.05) is 6.42 Å². The first-order valence-corrected chi connectivity index (χ1v) is 6.44. The van der Waals surface area contributed by atoms with E-state index in [1.807, 2.05) is 6.92 Å². The number of carbonyl (C=O) groups is 2. The highest BCUT2D eigenvalue weighted by atomic mass is 16.4. The van der Waals surface area contributed by atoms with Crippen molar-refractivity contribution >= 4 is 11.9 Å². The maximum atomic E-state index is 11.7. The number of hydrogen-bond donors (Lipinski definition) is 2. The maximum Gasteiger partial charge on any atom is 0.326 e. The summed E-state index contributed by atoms with van der Waals surface area (Å²) in [6.07, 6.45) is 10.6. The highest BCUT2D eigenvalue weighted by Gasteiger charge is 2.19. The molecule has 1 unspecified atom stereocenters. The molecule has 0 aliphatic heterocycles. The molecule has 0 heterocycles. The van der Waals surface area contributed by atoms with Crippen LogP contribution in [0.3, 0.4) is 0 Å². The first-order valence-electron chi connectivity index (χ1n) is 6.44. The van der Waals surface area contributed by atoms with E-state index in [1.165, 1.54) is 6.42 Å². The van der Waals surface area contributed by atoms with Gasteiger partial charge in [-0.3, -0.25) is 4.79 Å². The van der Waals surface area contributed by atoms with Crippen LogP contribution in [0.1, 0.15) is 45.4 Å². The van der Waals surface area contributed by atoms with Crippen LogP contribution >= 0.6 is 0 Å². The van der Waals surface area contributed by atoms with Gasteiger partial charge in [-0.2, -0.15) is 0 Å². The van der Waals surface area contributed by atoms with Gasteiger partial charge in [0.15, 0.2) is 0 Å². The fourth-order valence-corrected chi connectivity index (χ4v) is 2.01. The molecule has 1 aliphatic rings. The lowest BCUT2D eigenvalue weighted by Crippen LogP contribution is -2.40. The molecular formula is C14H21NO3. The molecule has 0 spiro atoms. The number of allylic oxidation sites excluding steroid dienone is 2. The number of nitrogens with one attached hydrogen (secondary N) is 1. The van der Waals surface area contributed by atoms with Gasteiger partial charge in [-0.25, -0.2) is 4.79 Å². The third kappa shape index (κ3) is 5.17. The van der Waals surface area contributed by atoms with Crippen LogP contribution in [0, 0.1) is 0 Å². The minimum atomic E-state index is -0.987. The Hall–Kier alpha value is -1.58. The van der Waals surface area contributed by atoms with Gasteiger partial charge in [-0.05, 0) is 39.0 Å². The van der Waals surface area contributed by atoms with Crippen molar-refractivity contribution in [2.45, 2.75) is 51.5 Å². The Morgan fingerprint density at radius 2 is 2.28 bits per heavy atom. The van der Waals surface area contributed by atoms with Gasteiger partial charge < -0.3 is 10.4 Å². The van der Waals surface area contributed by atoms with E-state index < -0.39 is 12.0 Å². The predicted octanol–water partition coefficient (Wildman–Crippen LogP) is 2.41. The van der Waals surface area contributed by atoms with Crippen molar-refractivity contribution in [1.29, 1.82) is 0 Å². The van der Waals surface area contributed by atoms with Gasteiger partial charge in [-0.1, -0.05) is 23.8 Å². The number of aliphatic carboxylic acids is 1. The molecule has 1 amide bonds. The Kier molecular flexibility index (Phi) is 6.19. The molecule has 1 rings (SSSR count). The van der Waals surface area contributed by atoms with Crippen LogP contribution < -0.4 is 5.32 Å². The van der Waals surface area contributed by atoms with E-state index in [2.05, 4.69) is 11.4 Å². The second-order valence-electron chi connectivity index (χ2n) is 4.55. The summed E-state index contributed by atoms with van der Waals surface area (Å²) in [5.41, 5.74) is 1.13. The van der Waals surface area contributed by atoms with Gasteiger partial charge in [0.1, 0.15) is 6.04 Å². The molecule has 0 fully saturated rings. The fourth-order valence-electron chi connectivity index (χ4n) is 2.01. The van der Waals surface area contributed by atoms with E-state index in [-0.39, 0.29) is 5.91 Å². The molecule has 1 atom stereocenters. The topological polar surface area (TPSA) is 66.4 Å². The van der Waals surface area contributed by atoms with Gasteiger partial charge in [0.05, 0.1) is 0 Å². The van der Waals surface area contributed by atoms with Crippen LogP contribution in [0.25, 0.3) is 0 Å². The summed E-state index contributed by atoms with van der Waals surface area (Å²) in [6.45, 7) is 1.83. The van der Waals surface area contributed by atoms with E-state index >= 15 is 0 Å². The molecule has 0 bridgehead atoms. The zero-order valence-corrected chi connectivity index (χ0v) is 10.8. The van der Waals surface area contributed by atoms with Crippen LogP contribution in [0.4, 0.5) is 0 Å². The van der Waals surface area contributed by atoms with E-state index in [4.69, 9.17) is 5.11 Å². The number of hydrogen-bond acceptors (Lipinski definition) is 2. The Labute approximate surface area is 108 Å². The Morgan fingerprint density at radius 3 is 2.83 bits per heavy atom. The van der Waals surface area contributed by atoms with Gasteiger partial charge in [-0.15, -0.1) is 0 Å². The summed E-state index contributed by atoms with van der Waals surface area (Å²) in [4.78, 5) is 22.7. The van der Waals surface area contributed by atoms with Gasteiger partial charge in [0.2, 0.25) is 5.91 Å². The highest BCUT2D eigenvalue weighted by Crippen LogP contribution is 2.19. The second-order valence-corrected chi connectivity index (χ2v) is 4.55. The van der Waals surface area contributed by atoms with Crippen molar-refractivity contribution in [2.24, 2.45) is 0 Å². The van der Waals surface area contributed by atoms with Gasteiger partial charge >= 0.3 is 5.97 Å². The Balaban J connectivity index is 2.45. The summed E-state index contributed by atoms with van der Waals surface area (Å²) in [5.74, 6) is -1.18. The molecule has 0 aromatic rings. The van der Waals surface area contributed by atoms with Crippen LogP contribution in [0.2, 0.25) is 0 Å². The molecule has 1 aliphatic carbocycles. The molecule has 100 valence electrons. The minimum Gasteiger partial charge on any atom is -0.480 e. The van der Waals surface area contributed by atoms with Crippen LogP contribution in [-0.2, 0) is 9.59 Å². The lowest BCUT2D eigenvalue weighted by atomic mass is 9.97. The first-order chi connectivity index (χ1) is 8.63. The van der Waals surface area contributed by atoms with E-state index in [0.29, 0.717) is 12.8 Å². The minimum absolute atomic E-state index is 0.194. The van der Waals surface area contributed by atoms with Crippen molar-refractivity contribution in [2.75, 3.05) is 0 Å². The van der Waals surface area contributed by atoms with Crippen LogP contribution in [-0.4, -0.2) is 23.0 Å². The molecule has 0 aromatic heterocycles. The molecule has 0 aromatic carbocycles. The lowest BCUT2D eigenvalue weighted by Gasteiger charge is -2.15. The predicted molar refractivity (Wildman–Crippen MR) is 70.2 cm³/mol. The van der Waals surface area contributed by atoms with Gasteiger partial charge in [0.25, 0.3) is 0 Å². The third-order valence-electron chi connectivity index (χ3n) is 3.01. The molecule has 4 nitrogen and oxygen atoms in total. The maximum absolute atomic E-state index is 11.7. The normalized spacial score (nSPS) is 17.3.